The lowest BCUT2D eigenvalue weighted by Gasteiger charge is -2.32. The summed E-state index contributed by atoms with van der Waals surface area (Å²) in [7, 11) is 0. The summed E-state index contributed by atoms with van der Waals surface area (Å²) >= 11 is 0. The zero-order chi connectivity index (χ0) is 14.6. The maximum absolute atomic E-state index is 12.6. The molecular weight excluding hydrogens is 267 g/mol. The maximum atomic E-state index is 12.6. The van der Waals surface area contributed by atoms with Crippen molar-refractivity contribution in [2.24, 2.45) is 5.92 Å². The van der Waals surface area contributed by atoms with Crippen molar-refractivity contribution in [3.05, 3.63) is 24.2 Å². The molecule has 0 aromatic carbocycles. The minimum absolute atomic E-state index is 0.222. The van der Waals surface area contributed by atoms with E-state index in [1.165, 1.54) is 0 Å². The zero-order valence-corrected chi connectivity index (χ0v) is 11.7. The van der Waals surface area contributed by atoms with E-state index in [2.05, 4.69) is 12.2 Å². The standard InChI is InChI=1S/C15H22F3NO/c1-11(4-9-14-3-2-10-20-14)19-13-7-5-12(6-8-13)15(16,17)18/h2-3,10-13,19H,4-9H2,1H3. The highest BCUT2D eigenvalue weighted by atomic mass is 19.4. The molecule has 0 spiro atoms. The molecule has 0 saturated heterocycles. The Balaban J connectivity index is 1.67. The van der Waals surface area contributed by atoms with Crippen molar-refractivity contribution in [3.63, 3.8) is 0 Å². The summed E-state index contributed by atoms with van der Waals surface area (Å²) in [6, 6.07) is 4.33. The Labute approximate surface area is 117 Å². The third kappa shape index (κ3) is 4.54. The second kappa shape index (κ2) is 6.66. The summed E-state index contributed by atoms with van der Waals surface area (Å²) in [5, 5.41) is 3.44. The predicted molar refractivity (Wildman–Crippen MR) is 71.4 cm³/mol. The van der Waals surface area contributed by atoms with Gasteiger partial charge in [-0.05, 0) is 51.2 Å². The second-order valence-electron chi connectivity index (χ2n) is 5.78. The third-order valence-corrected chi connectivity index (χ3v) is 4.11. The average Bonchev–Trinajstić information content (AvgIpc) is 2.89. The normalized spacial score (nSPS) is 25.6. The van der Waals surface area contributed by atoms with Crippen LogP contribution in [0.5, 0.6) is 0 Å². The van der Waals surface area contributed by atoms with Crippen LogP contribution in [0.15, 0.2) is 22.8 Å². The van der Waals surface area contributed by atoms with Crippen LogP contribution in [0.2, 0.25) is 0 Å². The fourth-order valence-corrected chi connectivity index (χ4v) is 2.89. The summed E-state index contributed by atoms with van der Waals surface area (Å²) in [4.78, 5) is 0. The summed E-state index contributed by atoms with van der Waals surface area (Å²) in [6.45, 7) is 2.08. The van der Waals surface area contributed by atoms with Crippen LogP contribution < -0.4 is 5.32 Å². The number of furan rings is 1. The summed E-state index contributed by atoms with van der Waals surface area (Å²) in [5.74, 6) is -0.140. The van der Waals surface area contributed by atoms with Gasteiger partial charge in [-0.2, -0.15) is 13.2 Å². The molecule has 1 unspecified atom stereocenters. The quantitative estimate of drug-likeness (QED) is 0.873. The molecule has 1 heterocycles. The first kappa shape index (κ1) is 15.4. The van der Waals surface area contributed by atoms with E-state index in [0.29, 0.717) is 18.9 Å². The minimum Gasteiger partial charge on any atom is -0.469 e. The van der Waals surface area contributed by atoms with Crippen LogP contribution in [0.3, 0.4) is 0 Å². The van der Waals surface area contributed by atoms with Crippen molar-refractivity contribution in [1.82, 2.24) is 5.32 Å². The van der Waals surface area contributed by atoms with E-state index < -0.39 is 12.1 Å². The minimum atomic E-state index is -4.02. The SMILES string of the molecule is CC(CCc1ccco1)NC1CCC(C(F)(F)F)CC1. The summed E-state index contributed by atoms with van der Waals surface area (Å²) in [6.07, 6.45) is 1.19. The monoisotopic (exact) mass is 289 g/mol. The van der Waals surface area contributed by atoms with Crippen molar-refractivity contribution in [2.45, 2.75) is 63.7 Å². The molecule has 2 nitrogen and oxygen atoms in total. The smallest absolute Gasteiger partial charge is 0.391 e. The number of alkyl halides is 3. The van der Waals surface area contributed by atoms with Crippen LogP contribution in [-0.4, -0.2) is 18.3 Å². The fraction of sp³-hybridized carbons (Fsp3) is 0.733. The first-order valence-electron chi connectivity index (χ1n) is 7.30. The Kier molecular flexibility index (Phi) is 5.13. The van der Waals surface area contributed by atoms with Gasteiger partial charge in [0, 0.05) is 18.5 Å². The van der Waals surface area contributed by atoms with Gasteiger partial charge >= 0.3 is 6.18 Å². The summed E-state index contributed by atoms with van der Waals surface area (Å²) in [5.41, 5.74) is 0. The number of aryl methyl sites for hydroxylation is 1. The van der Waals surface area contributed by atoms with E-state index >= 15 is 0 Å². The van der Waals surface area contributed by atoms with Crippen molar-refractivity contribution >= 4 is 0 Å². The lowest BCUT2D eigenvalue weighted by Crippen LogP contribution is -2.41. The lowest BCUT2D eigenvalue weighted by atomic mass is 9.85. The largest absolute Gasteiger partial charge is 0.469 e. The third-order valence-electron chi connectivity index (χ3n) is 4.11. The van der Waals surface area contributed by atoms with Gasteiger partial charge in [-0.1, -0.05) is 0 Å². The van der Waals surface area contributed by atoms with Gasteiger partial charge in [0.05, 0.1) is 12.2 Å². The fourth-order valence-electron chi connectivity index (χ4n) is 2.89. The van der Waals surface area contributed by atoms with Gasteiger partial charge in [-0.3, -0.25) is 0 Å². The molecule has 20 heavy (non-hydrogen) atoms. The highest BCUT2D eigenvalue weighted by Crippen LogP contribution is 2.37. The molecule has 1 aromatic rings. The second-order valence-corrected chi connectivity index (χ2v) is 5.78. The zero-order valence-electron chi connectivity index (χ0n) is 11.7. The molecule has 0 radical (unpaired) electrons. The van der Waals surface area contributed by atoms with E-state index in [0.717, 1.165) is 18.6 Å². The van der Waals surface area contributed by atoms with Crippen LogP contribution >= 0.6 is 0 Å². The molecule has 114 valence electrons. The van der Waals surface area contributed by atoms with Gasteiger partial charge in [-0.25, -0.2) is 0 Å². The molecule has 2 rings (SSSR count). The van der Waals surface area contributed by atoms with E-state index in [4.69, 9.17) is 4.42 Å². The van der Waals surface area contributed by atoms with Crippen molar-refractivity contribution < 1.29 is 17.6 Å². The van der Waals surface area contributed by atoms with Crippen molar-refractivity contribution in [1.29, 1.82) is 0 Å². The van der Waals surface area contributed by atoms with E-state index in [9.17, 15) is 13.2 Å². The Morgan fingerprint density at radius 3 is 2.55 bits per heavy atom. The molecule has 5 heteroatoms. The van der Waals surface area contributed by atoms with Gasteiger partial charge in [0.15, 0.2) is 0 Å². The number of halogens is 3. The number of nitrogens with one attached hydrogen (secondary N) is 1. The summed E-state index contributed by atoms with van der Waals surface area (Å²) < 4.78 is 43.0. The molecule has 1 fully saturated rings. The number of hydrogen-bond acceptors (Lipinski definition) is 2. The first-order valence-corrected chi connectivity index (χ1v) is 7.30. The van der Waals surface area contributed by atoms with Gasteiger partial charge in [0.25, 0.3) is 0 Å². The molecule has 1 aromatic heterocycles. The molecule has 1 saturated carbocycles. The lowest BCUT2D eigenvalue weighted by molar-refractivity contribution is -0.182. The van der Waals surface area contributed by atoms with Crippen LogP contribution in [0.4, 0.5) is 13.2 Å². The van der Waals surface area contributed by atoms with Crippen LogP contribution in [0.25, 0.3) is 0 Å². The van der Waals surface area contributed by atoms with Crippen molar-refractivity contribution in [2.75, 3.05) is 0 Å². The molecule has 1 N–H and O–H groups in total. The van der Waals surface area contributed by atoms with Crippen molar-refractivity contribution in [3.8, 4) is 0 Å². The van der Waals surface area contributed by atoms with Crippen LogP contribution in [0, 0.1) is 5.92 Å². The Bertz CT molecular complexity index is 380. The van der Waals surface area contributed by atoms with Gasteiger partial charge in [0.2, 0.25) is 0 Å². The predicted octanol–water partition coefficient (Wildman–Crippen LogP) is 4.31. The molecule has 0 aliphatic heterocycles. The molecule has 1 aliphatic rings. The van der Waals surface area contributed by atoms with Gasteiger partial charge in [0.1, 0.15) is 5.76 Å². The molecule has 0 bridgehead atoms. The highest BCUT2D eigenvalue weighted by molar-refractivity contribution is 4.98. The Morgan fingerprint density at radius 1 is 1.30 bits per heavy atom. The van der Waals surface area contributed by atoms with Crippen LogP contribution in [0.1, 0.15) is 44.8 Å². The number of rotatable bonds is 5. The van der Waals surface area contributed by atoms with Gasteiger partial charge < -0.3 is 9.73 Å². The van der Waals surface area contributed by atoms with Gasteiger partial charge in [-0.15, -0.1) is 0 Å². The topological polar surface area (TPSA) is 25.2 Å². The number of hydrogen-bond donors (Lipinski definition) is 1. The molecule has 0 amide bonds. The Morgan fingerprint density at radius 2 is 2.00 bits per heavy atom. The molecular formula is C15H22F3NO. The van der Waals surface area contributed by atoms with E-state index in [1.807, 2.05) is 12.1 Å². The van der Waals surface area contributed by atoms with Crippen LogP contribution in [-0.2, 0) is 6.42 Å². The highest BCUT2D eigenvalue weighted by Gasteiger charge is 2.41. The Hall–Kier alpha value is -0.970. The molecule has 1 atom stereocenters. The average molecular weight is 289 g/mol. The van der Waals surface area contributed by atoms with E-state index in [1.54, 1.807) is 6.26 Å². The van der Waals surface area contributed by atoms with E-state index in [-0.39, 0.29) is 18.9 Å². The first-order chi connectivity index (χ1) is 9.45. The molecule has 1 aliphatic carbocycles. The maximum Gasteiger partial charge on any atom is 0.391 e.